The van der Waals surface area contributed by atoms with Gasteiger partial charge >= 0.3 is 6.03 Å². The summed E-state index contributed by atoms with van der Waals surface area (Å²) in [6.45, 7) is 0.829. The fourth-order valence-electron chi connectivity index (χ4n) is 1.24. The maximum Gasteiger partial charge on any atom is 0.312 e. The second kappa shape index (κ2) is 7.21. The number of hydrogen-bond donors (Lipinski definition) is 3. The fourth-order valence-corrected chi connectivity index (χ4v) is 1.24. The highest BCUT2D eigenvalue weighted by atomic mass is 16.2. The lowest BCUT2D eigenvalue weighted by Crippen LogP contribution is -2.31. The van der Waals surface area contributed by atoms with Crippen molar-refractivity contribution >= 4 is 11.9 Å². The van der Waals surface area contributed by atoms with Crippen molar-refractivity contribution in [2.75, 3.05) is 6.54 Å². The molecule has 0 fully saturated rings. The number of carbonyl (C=O) groups is 2. The van der Waals surface area contributed by atoms with Gasteiger partial charge in [-0.05, 0) is 18.6 Å². The molecule has 1 aromatic rings. The van der Waals surface area contributed by atoms with Gasteiger partial charge in [-0.15, -0.1) is 0 Å². The normalized spacial score (nSPS) is 9.65. The molecule has 0 unspecified atom stereocenters. The van der Waals surface area contributed by atoms with E-state index < -0.39 is 6.03 Å². The molecule has 0 aliphatic carbocycles. The van der Waals surface area contributed by atoms with Crippen LogP contribution in [0.25, 0.3) is 0 Å². The van der Waals surface area contributed by atoms with Crippen LogP contribution in [-0.2, 0) is 11.3 Å². The van der Waals surface area contributed by atoms with Gasteiger partial charge in [0, 0.05) is 19.2 Å². The van der Waals surface area contributed by atoms with E-state index >= 15 is 0 Å². The zero-order chi connectivity index (χ0) is 12.5. The Morgan fingerprint density at radius 3 is 2.76 bits per heavy atom. The molecule has 92 valence electrons. The van der Waals surface area contributed by atoms with Gasteiger partial charge in [0.2, 0.25) is 5.91 Å². The topological polar surface area (TPSA) is 97.1 Å². The molecule has 1 heterocycles. The van der Waals surface area contributed by atoms with Gasteiger partial charge in [0.25, 0.3) is 0 Å². The lowest BCUT2D eigenvalue weighted by atomic mass is 10.3. The van der Waals surface area contributed by atoms with Crippen LogP contribution < -0.4 is 16.4 Å². The second-order valence-electron chi connectivity index (χ2n) is 3.49. The molecule has 0 aromatic carbocycles. The molecule has 0 aliphatic rings. The van der Waals surface area contributed by atoms with E-state index in [-0.39, 0.29) is 5.91 Å². The molecule has 0 aliphatic heterocycles. The summed E-state index contributed by atoms with van der Waals surface area (Å²) in [7, 11) is 0. The summed E-state index contributed by atoms with van der Waals surface area (Å²) in [6.07, 6.45) is 2.60. The first-order valence-corrected chi connectivity index (χ1v) is 5.38. The third-order valence-electron chi connectivity index (χ3n) is 2.07. The molecule has 6 nitrogen and oxygen atoms in total. The number of nitrogens with one attached hydrogen (secondary N) is 2. The van der Waals surface area contributed by atoms with Crippen LogP contribution in [-0.4, -0.2) is 23.5 Å². The molecule has 17 heavy (non-hydrogen) atoms. The minimum absolute atomic E-state index is 0.0677. The summed E-state index contributed by atoms with van der Waals surface area (Å²) < 4.78 is 0. The number of primary amides is 1. The van der Waals surface area contributed by atoms with E-state index in [0.29, 0.717) is 25.9 Å². The van der Waals surface area contributed by atoms with Crippen LogP contribution in [0.2, 0.25) is 0 Å². The third-order valence-corrected chi connectivity index (χ3v) is 2.07. The maximum atomic E-state index is 11.4. The van der Waals surface area contributed by atoms with Crippen LogP contribution in [0.5, 0.6) is 0 Å². The van der Waals surface area contributed by atoms with Crippen LogP contribution in [0.4, 0.5) is 4.79 Å². The van der Waals surface area contributed by atoms with E-state index in [4.69, 9.17) is 5.73 Å². The molecule has 0 radical (unpaired) electrons. The predicted molar refractivity (Wildman–Crippen MR) is 62.9 cm³/mol. The standard InChI is InChI=1S/C11H16N4O2/c12-11(17)14-7-3-5-10(16)15-8-9-4-1-2-6-13-9/h1-2,4,6H,3,5,7-8H2,(H,15,16)(H3,12,14,17). The van der Waals surface area contributed by atoms with E-state index in [9.17, 15) is 9.59 Å². The van der Waals surface area contributed by atoms with Gasteiger partial charge < -0.3 is 16.4 Å². The Balaban J connectivity index is 2.11. The summed E-state index contributed by atoms with van der Waals surface area (Å²) in [5, 5.41) is 5.16. The average molecular weight is 236 g/mol. The number of nitrogens with zero attached hydrogens (tertiary/aromatic N) is 1. The Labute approximate surface area is 99.6 Å². The summed E-state index contributed by atoms with van der Waals surface area (Å²) in [5.74, 6) is -0.0677. The largest absolute Gasteiger partial charge is 0.352 e. The van der Waals surface area contributed by atoms with Gasteiger partial charge in [-0.2, -0.15) is 0 Å². The van der Waals surface area contributed by atoms with Crippen molar-refractivity contribution < 1.29 is 9.59 Å². The highest BCUT2D eigenvalue weighted by Crippen LogP contribution is 1.93. The molecular weight excluding hydrogens is 220 g/mol. The molecular formula is C11H16N4O2. The second-order valence-corrected chi connectivity index (χ2v) is 3.49. The zero-order valence-electron chi connectivity index (χ0n) is 9.48. The molecule has 3 amide bonds. The first kappa shape index (κ1) is 13.0. The molecule has 0 spiro atoms. The van der Waals surface area contributed by atoms with Crippen molar-refractivity contribution in [3.63, 3.8) is 0 Å². The maximum absolute atomic E-state index is 11.4. The fraction of sp³-hybridized carbons (Fsp3) is 0.364. The lowest BCUT2D eigenvalue weighted by molar-refractivity contribution is -0.121. The first-order valence-electron chi connectivity index (χ1n) is 5.38. The SMILES string of the molecule is NC(=O)NCCCC(=O)NCc1ccccn1. The van der Waals surface area contributed by atoms with Gasteiger partial charge in [-0.3, -0.25) is 9.78 Å². The average Bonchev–Trinajstić information content (AvgIpc) is 2.33. The van der Waals surface area contributed by atoms with Crippen molar-refractivity contribution in [2.45, 2.75) is 19.4 Å². The van der Waals surface area contributed by atoms with E-state index in [1.165, 1.54) is 0 Å². The molecule has 0 saturated heterocycles. The smallest absolute Gasteiger partial charge is 0.312 e. The summed E-state index contributed by atoms with van der Waals surface area (Å²) >= 11 is 0. The van der Waals surface area contributed by atoms with Crippen molar-refractivity contribution in [1.82, 2.24) is 15.6 Å². The molecule has 1 aromatic heterocycles. The molecule has 6 heteroatoms. The van der Waals surface area contributed by atoms with Crippen molar-refractivity contribution in [3.8, 4) is 0 Å². The molecule has 0 saturated carbocycles. The molecule has 1 rings (SSSR count). The number of amides is 3. The Hall–Kier alpha value is -2.11. The van der Waals surface area contributed by atoms with Crippen LogP contribution in [0.3, 0.4) is 0 Å². The van der Waals surface area contributed by atoms with Gasteiger partial charge in [-0.25, -0.2) is 4.79 Å². The zero-order valence-corrected chi connectivity index (χ0v) is 9.48. The van der Waals surface area contributed by atoms with Crippen LogP contribution in [0.15, 0.2) is 24.4 Å². The van der Waals surface area contributed by atoms with Gasteiger partial charge in [-0.1, -0.05) is 6.07 Å². The van der Waals surface area contributed by atoms with Gasteiger partial charge in [0.1, 0.15) is 0 Å². The molecule has 0 atom stereocenters. The quantitative estimate of drug-likeness (QED) is 0.613. The van der Waals surface area contributed by atoms with Crippen LogP contribution in [0.1, 0.15) is 18.5 Å². The number of urea groups is 1. The number of pyridine rings is 1. The molecule has 4 N–H and O–H groups in total. The van der Waals surface area contributed by atoms with E-state index in [2.05, 4.69) is 15.6 Å². The van der Waals surface area contributed by atoms with E-state index in [1.54, 1.807) is 6.20 Å². The van der Waals surface area contributed by atoms with Crippen LogP contribution in [0, 0.1) is 0 Å². The predicted octanol–water partition coefficient (Wildman–Crippen LogP) is 0.146. The lowest BCUT2D eigenvalue weighted by Gasteiger charge is -2.04. The summed E-state index contributed by atoms with van der Waals surface area (Å²) in [5.41, 5.74) is 5.70. The summed E-state index contributed by atoms with van der Waals surface area (Å²) in [6, 6.07) is 4.96. The first-order chi connectivity index (χ1) is 8.18. The Kier molecular flexibility index (Phi) is 5.50. The van der Waals surface area contributed by atoms with Crippen molar-refractivity contribution in [2.24, 2.45) is 5.73 Å². The number of aromatic nitrogens is 1. The number of hydrogen-bond acceptors (Lipinski definition) is 3. The van der Waals surface area contributed by atoms with Gasteiger partial charge in [0.05, 0.1) is 12.2 Å². The van der Waals surface area contributed by atoms with Crippen molar-refractivity contribution in [3.05, 3.63) is 30.1 Å². The van der Waals surface area contributed by atoms with Crippen molar-refractivity contribution in [1.29, 1.82) is 0 Å². The molecule has 0 bridgehead atoms. The highest BCUT2D eigenvalue weighted by molar-refractivity contribution is 5.76. The summed E-state index contributed by atoms with van der Waals surface area (Å²) in [4.78, 5) is 25.8. The van der Waals surface area contributed by atoms with E-state index in [0.717, 1.165) is 5.69 Å². The minimum atomic E-state index is -0.570. The minimum Gasteiger partial charge on any atom is -0.352 e. The Morgan fingerprint density at radius 1 is 1.29 bits per heavy atom. The Bertz CT molecular complexity index is 367. The monoisotopic (exact) mass is 236 g/mol. The number of rotatable bonds is 6. The van der Waals surface area contributed by atoms with E-state index in [1.807, 2.05) is 18.2 Å². The number of carbonyl (C=O) groups excluding carboxylic acids is 2. The Morgan fingerprint density at radius 2 is 2.12 bits per heavy atom. The van der Waals surface area contributed by atoms with Gasteiger partial charge in [0.15, 0.2) is 0 Å². The van der Waals surface area contributed by atoms with Crippen LogP contribution >= 0.6 is 0 Å². The number of nitrogens with two attached hydrogens (primary N) is 1. The highest BCUT2D eigenvalue weighted by Gasteiger charge is 2.01. The third kappa shape index (κ3) is 6.14.